The summed E-state index contributed by atoms with van der Waals surface area (Å²) >= 11 is 0. The molecular formula is C16H27N3O. The van der Waals surface area contributed by atoms with Gasteiger partial charge in [-0.25, -0.2) is 9.97 Å². The van der Waals surface area contributed by atoms with E-state index in [9.17, 15) is 0 Å². The lowest BCUT2D eigenvalue weighted by Gasteiger charge is -2.19. The Hall–Kier alpha value is -1.16. The van der Waals surface area contributed by atoms with Crippen LogP contribution in [-0.4, -0.2) is 23.6 Å². The van der Waals surface area contributed by atoms with Crippen molar-refractivity contribution >= 4 is 5.82 Å². The summed E-state index contributed by atoms with van der Waals surface area (Å²) in [6.07, 6.45) is 8.04. The van der Waals surface area contributed by atoms with Crippen LogP contribution in [0.25, 0.3) is 0 Å². The van der Waals surface area contributed by atoms with E-state index < -0.39 is 0 Å². The summed E-state index contributed by atoms with van der Waals surface area (Å²) in [6.45, 7) is 4.92. The van der Waals surface area contributed by atoms with Gasteiger partial charge in [-0.1, -0.05) is 19.8 Å². The van der Waals surface area contributed by atoms with E-state index in [0.717, 1.165) is 37.3 Å². The van der Waals surface area contributed by atoms with Gasteiger partial charge in [-0.2, -0.15) is 0 Å². The molecule has 1 aromatic heterocycles. The highest BCUT2D eigenvalue weighted by molar-refractivity contribution is 5.47. The highest BCUT2D eigenvalue weighted by Crippen LogP contribution is 2.28. The average Bonchev–Trinajstić information content (AvgIpc) is 2.71. The molecule has 1 unspecified atom stereocenters. The molecule has 4 nitrogen and oxygen atoms in total. The van der Waals surface area contributed by atoms with Gasteiger partial charge in [0.2, 0.25) is 0 Å². The number of aryl methyl sites for hydroxylation is 1. The van der Waals surface area contributed by atoms with Crippen molar-refractivity contribution in [2.24, 2.45) is 0 Å². The first-order valence-electron chi connectivity index (χ1n) is 7.99. The van der Waals surface area contributed by atoms with Crippen molar-refractivity contribution in [2.75, 3.05) is 19.0 Å². The number of hydrogen-bond acceptors (Lipinski definition) is 4. The highest BCUT2D eigenvalue weighted by atomic mass is 16.5. The fourth-order valence-electron chi connectivity index (χ4n) is 2.89. The van der Waals surface area contributed by atoms with Crippen LogP contribution in [0.3, 0.4) is 0 Å². The van der Waals surface area contributed by atoms with Crippen LogP contribution in [0, 0.1) is 0 Å². The highest BCUT2D eigenvalue weighted by Gasteiger charge is 2.20. The van der Waals surface area contributed by atoms with Crippen LogP contribution in [-0.2, 0) is 17.6 Å². The number of ether oxygens (including phenoxy) is 1. The summed E-state index contributed by atoms with van der Waals surface area (Å²) in [6, 6.07) is 0. The monoisotopic (exact) mass is 277 g/mol. The quantitative estimate of drug-likeness (QED) is 0.806. The summed E-state index contributed by atoms with van der Waals surface area (Å²) in [5, 5.41) is 3.26. The molecule has 0 bridgehead atoms. The van der Waals surface area contributed by atoms with Crippen molar-refractivity contribution in [3.8, 4) is 0 Å². The van der Waals surface area contributed by atoms with Gasteiger partial charge in [0, 0.05) is 24.9 Å². The predicted octanol–water partition coefficient (Wildman–Crippen LogP) is 3.66. The fraction of sp³-hybridized carbons (Fsp3) is 0.750. The van der Waals surface area contributed by atoms with Crippen LogP contribution in [0.4, 0.5) is 5.82 Å². The van der Waals surface area contributed by atoms with Crippen LogP contribution in [0.15, 0.2) is 0 Å². The molecule has 1 heterocycles. The third kappa shape index (κ3) is 3.48. The van der Waals surface area contributed by atoms with Gasteiger partial charge in [-0.3, -0.25) is 0 Å². The molecule has 0 radical (unpaired) electrons. The van der Waals surface area contributed by atoms with E-state index in [1.54, 1.807) is 0 Å². The molecule has 1 N–H and O–H groups in total. The molecule has 0 aliphatic heterocycles. The van der Waals surface area contributed by atoms with Gasteiger partial charge < -0.3 is 10.1 Å². The maximum Gasteiger partial charge on any atom is 0.159 e. The van der Waals surface area contributed by atoms with E-state index >= 15 is 0 Å². The van der Waals surface area contributed by atoms with Crippen LogP contribution in [0.1, 0.15) is 69.1 Å². The minimum absolute atomic E-state index is 0.0330. The minimum atomic E-state index is 0.0330. The van der Waals surface area contributed by atoms with Gasteiger partial charge in [-0.15, -0.1) is 0 Å². The first-order chi connectivity index (χ1) is 9.80. The largest absolute Gasteiger partial charge is 0.373 e. The van der Waals surface area contributed by atoms with Gasteiger partial charge in [0.15, 0.2) is 5.82 Å². The molecule has 0 saturated carbocycles. The summed E-state index contributed by atoms with van der Waals surface area (Å²) in [5.74, 6) is 1.87. The lowest BCUT2D eigenvalue weighted by atomic mass is 10.1. The van der Waals surface area contributed by atoms with Crippen molar-refractivity contribution in [1.82, 2.24) is 9.97 Å². The van der Waals surface area contributed by atoms with Gasteiger partial charge in [-0.05, 0) is 39.0 Å². The van der Waals surface area contributed by atoms with E-state index in [1.807, 2.05) is 14.0 Å². The van der Waals surface area contributed by atoms with E-state index in [-0.39, 0.29) is 6.10 Å². The molecule has 20 heavy (non-hydrogen) atoms. The zero-order valence-electron chi connectivity index (χ0n) is 13.0. The number of fused-ring (bicyclic) bond motifs is 1. The zero-order chi connectivity index (χ0) is 14.4. The number of anilines is 1. The van der Waals surface area contributed by atoms with Crippen LogP contribution in [0.2, 0.25) is 0 Å². The molecule has 112 valence electrons. The third-order valence-electron chi connectivity index (χ3n) is 3.89. The fourth-order valence-corrected chi connectivity index (χ4v) is 2.89. The molecule has 1 aliphatic rings. The summed E-state index contributed by atoms with van der Waals surface area (Å²) in [7, 11) is 1.95. The molecule has 0 aromatic carbocycles. The van der Waals surface area contributed by atoms with E-state index in [4.69, 9.17) is 14.7 Å². The standard InChI is InChI=1S/C16H27N3O/c1-4-9-14(20-5-2)16-18-13-11-8-6-7-10-12(13)15(17-3)19-16/h14H,4-11H2,1-3H3,(H,17,18,19). The molecule has 1 atom stereocenters. The first-order valence-corrected chi connectivity index (χ1v) is 7.99. The number of nitrogens with one attached hydrogen (secondary N) is 1. The lowest BCUT2D eigenvalue weighted by Crippen LogP contribution is -2.14. The summed E-state index contributed by atoms with van der Waals surface area (Å²) < 4.78 is 5.84. The Kier molecular flexibility index (Phi) is 5.77. The molecule has 0 spiro atoms. The number of rotatable bonds is 6. The van der Waals surface area contributed by atoms with Gasteiger partial charge >= 0.3 is 0 Å². The number of nitrogens with zero attached hydrogens (tertiary/aromatic N) is 2. The zero-order valence-corrected chi connectivity index (χ0v) is 13.0. The van der Waals surface area contributed by atoms with Crippen LogP contribution in [0.5, 0.6) is 0 Å². The second-order valence-corrected chi connectivity index (χ2v) is 5.40. The average molecular weight is 277 g/mol. The molecule has 1 aromatic rings. The third-order valence-corrected chi connectivity index (χ3v) is 3.89. The molecule has 0 amide bonds. The van der Waals surface area contributed by atoms with Gasteiger partial charge in [0.1, 0.15) is 11.9 Å². The summed E-state index contributed by atoms with van der Waals surface area (Å²) in [5.41, 5.74) is 2.55. The second kappa shape index (κ2) is 7.58. The molecule has 0 saturated heterocycles. The Morgan fingerprint density at radius 3 is 2.65 bits per heavy atom. The van der Waals surface area contributed by atoms with Crippen molar-refractivity contribution in [2.45, 2.75) is 64.9 Å². The van der Waals surface area contributed by atoms with Crippen molar-refractivity contribution in [3.05, 3.63) is 17.1 Å². The van der Waals surface area contributed by atoms with Crippen LogP contribution < -0.4 is 5.32 Å². The van der Waals surface area contributed by atoms with Gasteiger partial charge in [0.05, 0.1) is 0 Å². The molecule has 4 heteroatoms. The smallest absolute Gasteiger partial charge is 0.159 e. The number of hydrogen-bond donors (Lipinski definition) is 1. The lowest BCUT2D eigenvalue weighted by molar-refractivity contribution is 0.0493. The van der Waals surface area contributed by atoms with Crippen molar-refractivity contribution in [1.29, 1.82) is 0 Å². The molecule has 1 aliphatic carbocycles. The topological polar surface area (TPSA) is 47.0 Å². The molecular weight excluding hydrogens is 250 g/mol. The Morgan fingerprint density at radius 2 is 1.95 bits per heavy atom. The molecule has 2 rings (SSSR count). The minimum Gasteiger partial charge on any atom is -0.373 e. The maximum absolute atomic E-state index is 5.84. The second-order valence-electron chi connectivity index (χ2n) is 5.40. The summed E-state index contributed by atoms with van der Waals surface area (Å²) in [4.78, 5) is 9.58. The normalized spacial score (nSPS) is 16.4. The van der Waals surface area contributed by atoms with Crippen molar-refractivity contribution < 1.29 is 4.74 Å². The SMILES string of the molecule is CCCC(OCC)c1nc2c(c(NC)n1)CCCCC2. The van der Waals surface area contributed by atoms with Crippen molar-refractivity contribution in [3.63, 3.8) is 0 Å². The Balaban J connectivity index is 2.36. The number of aromatic nitrogens is 2. The van der Waals surface area contributed by atoms with E-state index in [0.29, 0.717) is 6.61 Å². The first kappa shape index (κ1) is 15.2. The van der Waals surface area contributed by atoms with E-state index in [2.05, 4.69) is 12.2 Å². The maximum atomic E-state index is 5.84. The Bertz CT molecular complexity index is 428. The Morgan fingerprint density at radius 1 is 1.15 bits per heavy atom. The van der Waals surface area contributed by atoms with E-state index in [1.165, 1.54) is 30.5 Å². The predicted molar refractivity (Wildman–Crippen MR) is 82.1 cm³/mol. The Labute approximate surface area is 122 Å². The molecule has 0 fully saturated rings. The van der Waals surface area contributed by atoms with Crippen LogP contribution >= 0.6 is 0 Å². The van der Waals surface area contributed by atoms with Gasteiger partial charge in [0.25, 0.3) is 0 Å².